The average Bonchev–Trinajstić information content (AvgIpc) is 2.56. The third-order valence-electron chi connectivity index (χ3n) is 4.38. The smallest absolute Gasteiger partial charge is 0.233 e. The predicted molar refractivity (Wildman–Crippen MR) is 95.0 cm³/mol. The Labute approximate surface area is 143 Å². The van der Waals surface area contributed by atoms with E-state index in [1.165, 1.54) is 0 Å². The second kappa shape index (κ2) is 8.26. The maximum atomic E-state index is 12.8. The van der Waals surface area contributed by atoms with Gasteiger partial charge in [-0.05, 0) is 44.1 Å². The molecule has 6 nitrogen and oxygen atoms in total. The van der Waals surface area contributed by atoms with E-state index in [4.69, 9.17) is 4.74 Å². The summed E-state index contributed by atoms with van der Waals surface area (Å²) >= 11 is 0. The first-order valence-electron chi connectivity index (χ1n) is 8.39. The molecule has 0 spiro atoms. The number of carbonyl (C=O) groups is 2. The lowest BCUT2D eigenvalue weighted by Crippen LogP contribution is -2.47. The van der Waals surface area contributed by atoms with Crippen molar-refractivity contribution in [1.29, 1.82) is 0 Å². The van der Waals surface area contributed by atoms with Crippen LogP contribution in [0.25, 0.3) is 0 Å². The summed E-state index contributed by atoms with van der Waals surface area (Å²) in [4.78, 5) is 24.6. The Morgan fingerprint density at radius 2 is 1.83 bits per heavy atom. The van der Waals surface area contributed by atoms with Crippen LogP contribution in [0.5, 0.6) is 0 Å². The Bertz CT molecular complexity index is 575. The minimum Gasteiger partial charge on any atom is -0.384 e. The van der Waals surface area contributed by atoms with E-state index in [0.717, 1.165) is 25.9 Å². The Kier molecular flexibility index (Phi) is 6.34. The molecule has 1 saturated heterocycles. The molecule has 0 atom stereocenters. The predicted octanol–water partition coefficient (Wildman–Crippen LogP) is 2.24. The van der Waals surface area contributed by atoms with Gasteiger partial charge in [0.2, 0.25) is 11.8 Å². The quantitative estimate of drug-likeness (QED) is 0.746. The summed E-state index contributed by atoms with van der Waals surface area (Å²) in [5.41, 5.74) is 0.852. The van der Waals surface area contributed by atoms with Crippen molar-refractivity contribution in [2.45, 2.75) is 26.7 Å². The van der Waals surface area contributed by atoms with Crippen LogP contribution < -0.4 is 16.0 Å². The van der Waals surface area contributed by atoms with E-state index in [9.17, 15) is 9.59 Å². The van der Waals surface area contributed by atoms with Gasteiger partial charge in [-0.2, -0.15) is 0 Å². The highest BCUT2D eigenvalue weighted by atomic mass is 16.5. The van der Waals surface area contributed by atoms with Crippen LogP contribution in [0.4, 0.5) is 11.4 Å². The van der Waals surface area contributed by atoms with Crippen molar-refractivity contribution in [3.05, 3.63) is 24.3 Å². The number of hydrogen-bond donors (Lipinski definition) is 3. The molecule has 1 aromatic rings. The minimum atomic E-state index is -0.503. The van der Waals surface area contributed by atoms with E-state index in [1.807, 2.05) is 32.0 Å². The molecule has 0 unspecified atom stereocenters. The van der Waals surface area contributed by atoms with Crippen LogP contribution in [-0.4, -0.2) is 38.6 Å². The largest absolute Gasteiger partial charge is 0.384 e. The number of nitrogens with one attached hydrogen (secondary N) is 3. The molecule has 3 N–H and O–H groups in total. The number of anilines is 2. The average molecular weight is 333 g/mol. The van der Waals surface area contributed by atoms with Crippen LogP contribution in [0.3, 0.4) is 0 Å². The Hall–Kier alpha value is -1.92. The molecule has 24 heavy (non-hydrogen) atoms. The number of rotatable bonds is 6. The summed E-state index contributed by atoms with van der Waals surface area (Å²) in [6.45, 7) is 5.70. The molecule has 1 aromatic carbocycles. The van der Waals surface area contributed by atoms with Crippen molar-refractivity contribution in [2.24, 2.45) is 11.3 Å². The van der Waals surface area contributed by atoms with Crippen LogP contribution in [0.1, 0.15) is 26.7 Å². The van der Waals surface area contributed by atoms with Crippen LogP contribution in [0.15, 0.2) is 24.3 Å². The van der Waals surface area contributed by atoms with Gasteiger partial charge in [0.1, 0.15) is 0 Å². The van der Waals surface area contributed by atoms with E-state index in [0.29, 0.717) is 18.0 Å². The summed E-state index contributed by atoms with van der Waals surface area (Å²) in [5, 5.41) is 9.10. The van der Waals surface area contributed by atoms with E-state index < -0.39 is 5.41 Å². The van der Waals surface area contributed by atoms with E-state index in [2.05, 4.69) is 16.0 Å². The van der Waals surface area contributed by atoms with Crippen LogP contribution in [0.2, 0.25) is 0 Å². The van der Waals surface area contributed by atoms with Crippen molar-refractivity contribution in [3.63, 3.8) is 0 Å². The van der Waals surface area contributed by atoms with Crippen LogP contribution >= 0.6 is 0 Å². The fourth-order valence-electron chi connectivity index (χ4n) is 2.84. The van der Waals surface area contributed by atoms with Crippen LogP contribution in [0, 0.1) is 11.3 Å². The van der Waals surface area contributed by atoms with Gasteiger partial charge in [-0.15, -0.1) is 0 Å². The zero-order valence-electron chi connectivity index (χ0n) is 14.6. The maximum Gasteiger partial charge on any atom is 0.233 e. The molecular weight excluding hydrogens is 306 g/mol. The molecule has 2 rings (SSSR count). The highest BCUT2D eigenvalue weighted by Gasteiger charge is 2.39. The van der Waals surface area contributed by atoms with Gasteiger partial charge in [0.05, 0.1) is 12.0 Å². The van der Waals surface area contributed by atoms with Gasteiger partial charge in [0, 0.05) is 24.4 Å². The molecule has 0 saturated carbocycles. The molecule has 0 bridgehead atoms. The summed E-state index contributed by atoms with van der Waals surface area (Å²) in [7, 11) is 1.62. The van der Waals surface area contributed by atoms with Gasteiger partial charge in [0.15, 0.2) is 0 Å². The summed E-state index contributed by atoms with van der Waals surface area (Å²) in [6.07, 6.45) is 1.49. The molecule has 6 heteroatoms. The van der Waals surface area contributed by atoms with Crippen molar-refractivity contribution < 1.29 is 14.3 Å². The van der Waals surface area contributed by atoms with E-state index >= 15 is 0 Å². The maximum absolute atomic E-state index is 12.8. The first kappa shape index (κ1) is 18.4. The number of carbonyl (C=O) groups excluding carboxylic acids is 2. The Morgan fingerprint density at radius 1 is 1.21 bits per heavy atom. The van der Waals surface area contributed by atoms with Gasteiger partial charge in [-0.25, -0.2) is 0 Å². The number of benzene rings is 1. The van der Waals surface area contributed by atoms with Gasteiger partial charge < -0.3 is 20.7 Å². The molecule has 1 aliphatic heterocycles. The van der Waals surface area contributed by atoms with Gasteiger partial charge >= 0.3 is 0 Å². The van der Waals surface area contributed by atoms with Crippen molar-refractivity contribution in [3.8, 4) is 0 Å². The Balaban J connectivity index is 2.09. The number of amides is 2. The first-order chi connectivity index (χ1) is 11.5. The summed E-state index contributed by atoms with van der Waals surface area (Å²) in [6, 6.07) is 7.23. The SMILES string of the molecule is COCC1(C(=O)Nc2cccc(NC(=O)C(C)C)c2)CCNCC1. The van der Waals surface area contributed by atoms with Gasteiger partial charge in [-0.3, -0.25) is 9.59 Å². The van der Waals surface area contributed by atoms with Gasteiger partial charge in [-0.1, -0.05) is 19.9 Å². The fraction of sp³-hybridized carbons (Fsp3) is 0.556. The lowest BCUT2D eigenvalue weighted by molar-refractivity contribution is -0.130. The lowest BCUT2D eigenvalue weighted by Gasteiger charge is -2.35. The molecule has 2 amide bonds. The van der Waals surface area contributed by atoms with E-state index in [-0.39, 0.29) is 17.7 Å². The molecule has 0 aromatic heterocycles. The molecule has 0 radical (unpaired) electrons. The topological polar surface area (TPSA) is 79.5 Å². The van der Waals surface area contributed by atoms with Gasteiger partial charge in [0.25, 0.3) is 0 Å². The molecule has 132 valence electrons. The number of methoxy groups -OCH3 is 1. The fourth-order valence-corrected chi connectivity index (χ4v) is 2.84. The third-order valence-corrected chi connectivity index (χ3v) is 4.38. The highest BCUT2D eigenvalue weighted by molar-refractivity contribution is 5.97. The third kappa shape index (κ3) is 4.55. The zero-order valence-corrected chi connectivity index (χ0v) is 14.6. The standard InChI is InChI=1S/C18H27N3O3/c1-13(2)16(22)20-14-5-4-6-15(11-14)21-17(23)18(12-24-3)7-9-19-10-8-18/h4-6,11,13,19H,7-10,12H2,1-3H3,(H,20,22)(H,21,23). The summed E-state index contributed by atoms with van der Waals surface area (Å²) in [5.74, 6) is -0.172. The molecular formula is C18H27N3O3. The number of piperidine rings is 1. The number of hydrogen-bond acceptors (Lipinski definition) is 4. The minimum absolute atomic E-state index is 0.0295. The second-order valence-electron chi connectivity index (χ2n) is 6.64. The van der Waals surface area contributed by atoms with Crippen LogP contribution in [-0.2, 0) is 14.3 Å². The normalized spacial score (nSPS) is 16.7. The second-order valence-corrected chi connectivity index (χ2v) is 6.64. The molecule has 1 heterocycles. The zero-order chi connectivity index (χ0) is 17.6. The molecule has 0 aliphatic carbocycles. The molecule has 1 aliphatic rings. The Morgan fingerprint density at radius 3 is 2.42 bits per heavy atom. The summed E-state index contributed by atoms with van der Waals surface area (Å²) < 4.78 is 5.30. The van der Waals surface area contributed by atoms with Crippen molar-refractivity contribution >= 4 is 23.2 Å². The number of ether oxygens (including phenoxy) is 1. The van der Waals surface area contributed by atoms with Crippen molar-refractivity contribution in [1.82, 2.24) is 5.32 Å². The monoisotopic (exact) mass is 333 g/mol. The van der Waals surface area contributed by atoms with Crippen molar-refractivity contribution in [2.75, 3.05) is 37.4 Å². The van der Waals surface area contributed by atoms with E-state index in [1.54, 1.807) is 13.2 Å². The first-order valence-corrected chi connectivity index (χ1v) is 8.39. The highest BCUT2D eigenvalue weighted by Crippen LogP contribution is 2.31. The lowest BCUT2D eigenvalue weighted by atomic mass is 9.78. The molecule has 1 fully saturated rings.